The molecule has 2 N–H and O–H groups in total. The molecule has 1 atom stereocenters. The Morgan fingerprint density at radius 2 is 1.49 bits per heavy atom. The van der Waals surface area contributed by atoms with Gasteiger partial charge in [-0.3, -0.25) is 9.88 Å². The summed E-state index contributed by atoms with van der Waals surface area (Å²) in [5.74, 6) is -0.912. The van der Waals surface area contributed by atoms with Crippen LogP contribution in [0.1, 0.15) is 43.4 Å². The standard InChI is InChI=1S/C35H36N4O8/c1-35(2,3)47-34(43)38-30-17-18-39(32(41)37-30)22-44-21-29(31(40)45-19-23-11-5-4-6-12-23)36-33(42)46-20-28-26-15-9-7-13-24(26)25-14-8-10-16-27(25)28/h4-18,28-29H,19-22H2,1-3H3,(H,36,42)(H,37,38,41,43)/t29-/m0/s1. The Morgan fingerprint density at radius 1 is 0.851 bits per heavy atom. The second-order valence-corrected chi connectivity index (χ2v) is 11.8. The lowest BCUT2D eigenvalue weighted by molar-refractivity contribution is -0.149. The fourth-order valence-electron chi connectivity index (χ4n) is 5.05. The highest BCUT2D eigenvalue weighted by Crippen LogP contribution is 2.44. The van der Waals surface area contributed by atoms with Gasteiger partial charge in [0, 0.05) is 12.1 Å². The van der Waals surface area contributed by atoms with Crippen LogP contribution < -0.4 is 16.3 Å². The van der Waals surface area contributed by atoms with E-state index in [4.69, 9.17) is 18.9 Å². The molecule has 0 fully saturated rings. The molecule has 4 aromatic rings. The minimum atomic E-state index is -1.24. The normalized spacial score (nSPS) is 12.7. The Balaban J connectivity index is 1.20. The summed E-state index contributed by atoms with van der Waals surface area (Å²) in [5.41, 5.74) is 3.60. The number of hydrogen-bond acceptors (Lipinski definition) is 9. The molecule has 3 aromatic carbocycles. The van der Waals surface area contributed by atoms with E-state index < -0.39 is 35.5 Å². The Hall–Kier alpha value is -5.49. The highest BCUT2D eigenvalue weighted by Gasteiger charge is 2.30. The lowest BCUT2D eigenvalue weighted by Crippen LogP contribution is -2.45. The van der Waals surface area contributed by atoms with Gasteiger partial charge in [-0.15, -0.1) is 0 Å². The third kappa shape index (κ3) is 8.82. The minimum absolute atomic E-state index is 0.000196. The van der Waals surface area contributed by atoms with Gasteiger partial charge in [0.25, 0.3) is 0 Å². The number of nitrogens with zero attached hydrogens (tertiary/aromatic N) is 2. The largest absolute Gasteiger partial charge is 0.459 e. The lowest BCUT2D eigenvalue weighted by Gasteiger charge is -2.20. The Bertz CT molecular complexity index is 1740. The second-order valence-electron chi connectivity index (χ2n) is 11.8. The molecular formula is C35H36N4O8. The maximum absolute atomic E-state index is 13.1. The molecule has 1 aliphatic carbocycles. The maximum Gasteiger partial charge on any atom is 0.413 e. The molecule has 0 saturated heterocycles. The van der Waals surface area contributed by atoms with Crippen LogP contribution in [0.4, 0.5) is 15.4 Å². The number of benzene rings is 3. The molecule has 244 valence electrons. The number of aromatic nitrogens is 2. The molecule has 1 aliphatic rings. The SMILES string of the molecule is CC(C)(C)OC(=O)Nc1ccn(COC[C@H](NC(=O)OCC2c3ccccc3-c3ccccc32)C(=O)OCc2ccccc2)c(=O)n1. The van der Waals surface area contributed by atoms with Crippen molar-refractivity contribution in [1.29, 1.82) is 0 Å². The molecule has 0 bridgehead atoms. The number of hydrogen-bond donors (Lipinski definition) is 2. The number of alkyl carbamates (subject to hydrolysis) is 1. The predicted molar refractivity (Wildman–Crippen MR) is 173 cm³/mol. The average molecular weight is 641 g/mol. The van der Waals surface area contributed by atoms with Crippen molar-refractivity contribution in [2.24, 2.45) is 0 Å². The Kier molecular flexibility index (Phi) is 10.3. The van der Waals surface area contributed by atoms with Crippen LogP contribution in [0.3, 0.4) is 0 Å². The fraction of sp³-hybridized carbons (Fsp3) is 0.286. The molecule has 12 heteroatoms. The van der Waals surface area contributed by atoms with E-state index >= 15 is 0 Å². The summed E-state index contributed by atoms with van der Waals surface area (Å²) < 4.78 is 23.0. The van der Waals surface area contributed by atoms with Crippen LogP contribution in [0, 0.1) is 0 Å². The number of anilines is 1. The Morgan fingerprint density at radius 3 is 2.13 bits per heavy atom. The van der Waals surface area contributed by atoms with E-state index in [0.29, 0.717) is 0 Å². The van der Waals surface area contributed by atoms with E-state index in [2.05, 4.69) is 15.6 Å². The molecular weight excluding hydrogens is 604 g/mol. The van der Waals surface area contributed by atoms with E-state index in [1.54, 1.807) is 32.9 Å². The van der Waals surface area contributed by atoms with Crippen molar-refractivity contribution in [1.82, 2.24) is 14.9 Å². The molecule has 12 nitrogen and oxygen atoms in total. The van der Waals surface area contributed by atoms with Crippen LogP contribution in [-0.4, -0.2) is 52.6 Å². The molecule has 0 spiro atoms. The number of ether oxygens (including phenoxy) is 4. The van der Waals surface area contributed by atoms with Gasteiger partial charge in [-0.1, -0.05) is 78.9 Å². The number of nitrogens with one attached hydrogen (secondary N) is 2. The zero-order valence-corrected chi connectivity index (χ0v) is 26.3. The van der Waals surface area contributed by atoms with Gasteiger partial charge in [0.05, 0.1) is 6.61 Å². The molecule has 0 radical (unpaired) electrons. The summed E-state index contributed by atoms with van der Waals surface area (Å²) in [6, 6.07) is 25.2. The van der Waals surface area contributed by atoms with Crippen molar-refractivity contribution in [2.45, 2.75) is 51.7 Å². The second kappa shape index (κ2) is 14.7. The molecule has 47 heavy (non-hydrogen) atoms. The quantitative estimate of drug-likeness (QED) is 0.166. The van der Waals surface area contributed by atoms with Gasteiger partial charge in [-0.2, -0.15) is 4.98 Å². The number of esters is 1. The number of fused-ring (bicyclic) bond motifs is 3. The summed E-state index contributed by atoms with van der Waals surface area (Å²) in [7, 11) is 0. The summed E-state index contributed by atoms with van der Waals surface area (Å²) in [4.78, 5) is 54.5. The number of carbonyl (C=O) groups is 3. The third-order valence-corrected chi connectivity index (χ3v) is 7.16. The van der Waals surface area contributed by atoms with Crippen molar-refractivity contribution in [3.8, 4) is 11.1 Å². The highest BCUT2D eigenvalue weighted by atomic mass is 16.6. The molecule has 1 aromatic heterocycles. The van der Waals surface area contributed by atoms with E-state index in [1.807, 2.05) is 66.7 Å². The van der Waals surface area contributed by atoms with E-state index in [-0.39, 0.29) is 38.3 Å². The third-order valence-electron chi connectivity index (χ3n) is 7.16. The first-order valence-corrected chi connectivity index (χ1v) is 15.0. The average Bonchev–Trinajstić information content (AvgIpc) is 3.36. The highest BCUT2D eigenvalue weighted by molar-refractivity contribution is 5.83. The lowest BCUT2D eigenvalue weighted by atomic mass is 9.98. The van der Waals surface area contributed by atoms with Crippen molar-refractivity contribution in [3.63, 3.8) is 0 Å². The van der Waals surface area contributed by atoms with Crippen molar-refractivity contribution >= 4 is 24.0 Å². The smallest absolute Gasteiger partial charge is 0.413 e. The minimum Gasteiger partial charge on any atom is -0.459 e. The van der Waals surface area contributed by atoms with Crippen LogP contribution in [0.5, 0.6) is 0 Å². The topological polar surface area (TPSA) is 147 Å². The van der Waals surface area contributed by atoms with Crippen molar-refractivity contribution in [2.75, 3.05) is 18.5 Å². The van der Waals surface area contributed by atoms with E-state index in [1.165, 1.54) is 12.3 Å². The van der Waals surface area contributed by atoms with Gasteiger partial charge in [-0.25, -0.2) is 19.2 Å². The van der Waals surface area contributed by atoms with Gasteiger partial charge in [0.15, 0.2) is 6.04 Å². The number of amides is 2. The van der Waals surface area contributed by atoms with Crippen LogP contribution >= 0.6 is 0 Å². The van der Waals surface area contributed by atoms with E-state index in [0.717, 1.165) is 32.4 Å². The monoisotopic (exact) mass is 640 g/mol. The first-order valence-electron chi connectivity index (χ1n) is 15.0. The summed E-state index contributed by atoms with van der Waals surface area (Å²) >= 11 is 0. The number of carbonyl (C=O) groups excluding carboxylic acids is 3. The molecule has 0 unspecified atom stereocenters. The van der Waals surface area contributed by atoms with Crippen molar-refractivity contribution in [3.05, 3.63) is 118 Å². The fourth-order valence-corrected chi connectivity index (χ4v) is 5.05. The molecule has 1 heterocycles. The molecule has 0 aliphatic heterocycles. The zero-order chi connectivity index (χ0) is 33.4. The zero-order valence-electron chi connectivity index (χ0n) is 26.3. The van der Waals surface area contributed by atoms with Gasteiger partial charge >= 0.3 is 23.8 Å². The number of rotatable bonds is 11. The molecule has 5 rings (SSSR count). The van der Waals surface area contributed by atoms with Crippen LogP contribution in [-0.2, 0) is 37.1 Å². The summed E-state index contributed by atoms with van der Waals surface area (Å²) in [5, 5.41) is 4.95. The molecule has 0 saturated carbocycles. The van der Waals surface area contributed by atoms with Crippen LogP contribution in [0.2, 0.25) is 0 Å². The Labute approximate surface area is 271 Å². The van der Waals surface area contributed by atoms with Gasteiger partial charge in [0.2, 0.25) is 0 Å². The first-order chi connectivity index (χ1) is 22.6. The maximum atomic E-state index is 13.1. The summed E-state index contributed by atoms with van der Waals surface area (Å²) in [6.07, 6.45) is -0.216. The van der Waals surface area contributed by atoms with Gasteiger partial charge < -0.3 is 24.3 Å². The van der Waals surface area contributed by atoms with Gasteiger partial charge in [0.1, 0.15) is 31.4 Å². The van der Waals surface area contributed by atoms with Crippen LogP contribution in [0.15, 0.2) is 95.9 Å². The van der Waals surface area contributed by atoms with Crippen LogP contribution in [0.25, 0.3) is 11.1 Å². The summed E-state index contributed by atoms with van der Waals surface area (Å²) in [6.45, 7) is 4.54. The van der Waals surface area contributed by atoms with Crippen molar-refractivity contribution < 1.29 is 33.3 Å². The van der Waals surface area contributed by atoms with Gasteiger partial charge in [-0.05, 0) is 54.7 Å². The predicted octanol–water partition coefficient (Wildman–Crippen LogP) is 5.22. The van der Waals surface area contributed by atoms with E-state index in [9.17, 15) is 19.2 Å². The first kappa shape index (κ1) is 32.9. The molecule has 2 amide bonds.